The lowest BCUT2D eigenvalue weighted by Gasteiger charge is -2.15. The summed E-state index contributed by atoms with van der Waals surface area (Å²) in [6.45, 7) is 6.97. The van der Waals surface area contributed by atoms with E-state index in [-0.39, 0.29) is 6.03 Å². The summed E-state index contributed by atoms with van der Waals surface area (Å²) in [6, 6.07) is 0.428. The minimum atomic E-state index is 0.0970. The molecule has 0 aromatic rings. The average Bonchev–Trinajstić information content (AvgIpc) is 2.49. The third kappa shape index (κ3) is 2.87. The predicted molar refractivity (Wildman–Crippen MR) is 57.3 cm³/mol. The topological polar surface area (TPSA) is 44.4 Å². The first kappa shape index (κ1) is 11.3. The predicted octanol–water partition coefficient (Wildman–Crippen LogP) is 0.646. The Morgan fingerprint density at radius 1 is 1.64 bits per heavy atom. The van der Waals surface area contributed by atoms with E-state index in [1.54, 1.807) is 0 Å². The van der Waals surface area contributed by atoms with Crippen LogP contribution >= 0.6 is 0 Å². The minimum Gasteiger partial charge on any atom is -0.333 e. The van der Waals surface area contributed by atoms with Crippen molar-refractivity contribution < 1.29 is 4.79 Å². The molecule has 1 unspecified atom stereocenters. The van der Waals surface area contributed by atoms with E-state index in [0.29, 0.717) is 12.0 Å². The number of carbonyl (C=O) groups is 1. The van der Waals surface area contributed by atoms with Gasteiger partial charge in [-0.3, -0.25) is 0 Å². The molecular weight excluding hydrogens is 178 g/mol. The fourth-order valence-electron chi connectivity index (χ4n) is 1.63. The summed E-state index contributed by atoms with van der Waals surface area (Å²) in [7, 11) is 1.93. The highest BCUT2D eigenvalue weighted by Gasteiger charge is 2.29. The molecule has 1 aliphatic heterocycles. The van der Waals surface area contributed by atoms with Gasteiger partial charge in [-0.05, 0) is 25.9 Å². The lowest BCUT2D eigenvalue weighted by atomic mass is 10.1. The van der Waals surface area contributed by atoms with Gasteiger partial charge in [0.15, 0.2) is 0 Å². The maximum Gasteiger partial charge on any atom is 0.317 e. The highest BCUT2D eigenvalue weighted by molar-refractivity contribution is 5.76. The van der Waals surface area contributed by atoms with Gasteiger partial charge in [-0.2, -0.15) is 0 Å². The summed E-state index contributed by atoms with van der Waals surface area (Å²) in [5.41, 5.74) is 0. The molecular formula is C10H21N3O. The van der Waals surface area contributed by atoms with Crippen molar-refractivity contribution in [2.24, 2.45) is 5.92 Å². The molecule has 1 fully saturated rings. The Balaban J connectivity index is 2.30. The molecule has 2 N–H and O–H groups in total. The second-order valence-electron chi connectivity index (χ2n) is 4.20. The number of carbonyl (C=O) groups excluding carboxylic acids is 1. The third-order valence-corrected chi connectivity index (χ3v) is 2.67. The summed E-state index contributed by atoms with van der Waals surface area (Å²) < 4.78 is 0. The van der Waals surface area contributed by atoms with E-state index >= 15 is 0 Å². The van der Waals surface area contributed by atoms with Crippen molar-refractivity contribution in [1.29, 1.82) is 0 Å². The van der Waals surface area contributed by atoms with Gasteiger partial charge < -0.3 is 15.5 Å². The Kier molecular flexibility index (Phi) is 4.20. The maximum atomic E-state index is 11.5. The van der Waals surface area contributed by atoms with Gasteiger partial charge >= 0.3 is 6.03 Å². The van der Waals surface area contributed by atoms with Gasteiger partial charge in [0.05, 0.1) is 6.04 Å². The molecule has 1 rings (SSSR count). The Bertz CT molecular complexity index is 194. The molecule has 2 amide bonds. The molecule has 82 valence electrons. The summed E-state index contributed by atoms with van der Waals surface area (Å²) in [5, 5.41) is 6.08. The van der Waals surface area contributed by atoms with Crippen LogP contribution in [0.25, 0.3) is 0 Å². The number of urea groups is 1. The fraction of sp³-hybridized carbons (Fsp3) is 0.900. The minimum absolute atomic E-state index is 0.0970. The largest absolute Gasteiger partial charge is 0.333 e. The van der Waals surface area contributed by atoms with Gasteiger partial charge in [-0.15, -0.1) is 0 Å². The highest BCUT2D eigenvalue weighted by Crippen LogP contribution is 2.11. The molecule has 0 radical (unpaired) electrons. The van der Waals surface area contributed by atoms with Crippen LogP contribution in [-0.4, -0.2) is 43.7 Å². The van der Waals surface area contributed by atoms with Crippen molar-refractivity contribution in [2.75, 3.05) is 26.7 Å². The average molecular weight is 199 g/mol. The Hall–Kier alpha value is -0.770. The van der Waals surface area contributed by atoms with Crippen molar-refractivity contribution in [1.82, 2.24) is 15.5 Å². The van der Waals surface area contributed by atoms with Crippen LogP contribution < -0.4 is 10.6 Å². The van der Waals surface area contributed by atoms with Crippen LogP contribution in [0.5, 0.6) is 0 Å². The molecule has 0 aliphatic carbocycles. The van der Waals surface area contributed by atoms with Gasteiger partial charge in [0.2, 0.25) is 0 Å². The number of hydrogen-bond donors (Lipinski definition) is 2. The van der Waals surface area contributed by atoms with Crippen LogP contribution in [0.3, 0.4) is 0 Å². The number of amides is 2. The van der Waals surface area contributed by atoms with E-state index in [4.69, 9.17) is 0 Å². The van der Waals surface area contributed by atoms with Gasteiger partial charge in [0.25, 0.3) is 0 Å². The normalized spacial score (nSPS) is 21.9. The zero-order valence-electron chi connectivity index (χ0n) is 9.34. The van der Waals surface area contributed by atoms with E-state index in [0.717, 1.165) is 26.1 Å². The summed E-state index contributed by atoms with van der Waals surface area (Å²) >= 11 is 0. The molecule has 1 heterocycles. The molecule has 0 aromatic heterocycles. The molecule has 0 bridgehead atoms. The quantitative estimate of drug-likeness (QED) is 0.638. The van der Waals surface area contributed by atoms with Crippen LogP contribution in [0.2, 0.25) is 0 Å². The van der Waals surface area contributed by atoms with Crippen molar-refractivity contribution in [3.63, 3.8) is 0 Å². The lowest BCUT2D eigenvalue weighted by Crippen LogP contribution is -2.31. The monoisotopic (exact) mass is 199 g/mol. The van der Waals surface area contributed by atoms with Crippen molar-refractivity contribution >= 4 is 6.03 Å². The smallest absolute Gasteiger partial charge is 0.317 e. The summed E-state index contributed by atoms with van der Waals surface area (Å²) in [4.78, 5) is 13.4. The lowest BCUT2D eigenvalue weighted by molar-refractivity contribution is 0.217. The third-order valence-electron chi connectivity index (χ3n) is 2.67. The first-order chi connectivity index (χ1) is 6.65. The van der Waals surface area contributed by atoms with E-state index in [9.17, 15) is 4.79 Å². The summed E-state index contributed by atoms with van der Waals surface area (Å²) in [6.07, 6.45) is 1.02. The standard InChI is InChI=1S/C10H21N3O/c1-8(2)9-7-13(10(14)12-9)6-4-5-11-3/h8-9,11H,4-7H2,1-3H3,(H,12,14). The Labute approximate surface area is 86.0 Å². The molecule has 0 aromatic carbocycles. The van der Waals surface area contributed by atoms with Crippen LogP contribution in [0.4, 0.5) is 4.79 Å². The molecule has 4 heteroatoms. The van der Waals surface area contributed by atoms with Crippen molar-refractivity contribution in [2.45, 2.75) is 26.3 Å². The fourth-order valence-corrected chi connectivity index (χ4v) is 1.63. The van der Waals surface area contributed by atoms with Gasteiger partial charge in [-0.1, -0.05) is 13.8 Å². The first-order valence-corrected chi connectivity index (χ1v) is 5.35. The highest BCUT2D eigenvalue weighted by atomic mass is 16.2. The van der Waals surface area contributed by atoms with Crippen LogP contribution in [0.1, 0.15) is 20.3 Å². The van der Waals surface area contributed by atoms with E-state index in [1.165, 1.54) is 0 Å². The van der Waals surface area contributed by atoms with E-state index < -0.39 is 0 Å². The number of hydrogen-bond acceptors (Lipinski definition) is 2. The van der Waals surface area contributed by atoms with Crippen molar-refractivity contribution in [3.05, 3.63) is 0 Å². The van der Waals surface area contributed by atoms with Gasteiger partial charge in [0, 0.05) is 13.1 Å². The Morgan fingerprint density at radius 3 is 2.86 bits per heavy atom. The SMILES string of the molecule is CNCCCN1CC(C(C)C)NC1=O. The number of rotatable bonds is 5. The molecule has 1 atom stereocenters. The molecule has 0 spiro atoms. The van der Waals surface area contributed by atoms with Gasteiger partial charge in [-0.25, -0.2) is 4.79 Å². The molecule has 1 aliphatic rings. The van der Waals surface area contributed by atoms with Crippen LogP contribution in [-0.2, 0) is 0 Å². The molecule has 4 nitrogen and oxygen atoms in total. The van der Waals surface area contributed by atoms with Crippen molar-refractivity contribution in [3.8, 4) is 0 Å². The molecule has 14 heavy (non-hydrogen) atoms. The first-order valence-electron chi connectivity index (χ1n) is 5.35. The second kappa shape index (κ2) is 5.20. The van der Waals surface area contributed by atoms with Crippen LogP contribution in [0, 0.1) is 5.92 Å². The van der Waals surface area contributed by atoms with E-state index in [1.807, 2.05) is 11.9 Å². The molecule has 1 saturated heterocycles. The summed E-state index contributed by atoms with van der Waals surface area (Å²) in [5.74, 6) is 0.522. The second-order valence-corrected chi connectivity index (χ2v) is 4.20. The zero-order valence-corrected chi connectivity index (χ0v) is 9.34. The van der Waals surface area contributed by atoms with Gasteiger partial charge in [0.1, 0.15) is 0 Å². The van der Waals surface area contributed by atoms with Crippen LogP contribution in [0.15, 0.2) is 0 Å². The number of nitrogens with zero attached hydrogens (tertiary/aromatic N) is 1. The number of nitrogens with one attached hydrogen (secondary N) is 2. The van der Waals surface area contributed by atoms with E-state index in [2.05, 4.69) is 24.5 Å². The molecule has 0 saturated carbocycles. The maximum absolute atomic E-state index is 11.5. The zero-order chi connectivity index (χ0) is 10.6. The Morgan fingerprint density at radius 2 is 2.36 bits per heavy atom.